The molecule has 0 radical (unpaired) electrons. The highest BCUT2D eigenvalue weighted by atomic mass is 16.5. The lowest BCUT2D eigenvalue weighted by Crippen LogP contribution is -2.46. The Morgan fingerprint density at radius 2 is 2.32 bits per heavy atom. The number of nitrogens with two attached hydrogens (primary N) is 1. The molecule has 8 nitrogen and oxygen atoms in total. The van der Waals surface area contributed by atoms with Gasteiger partial charge in [-0.25, -0.2) is 9.97 Å². The van der Waals surface area contributed by atoms with Crippen molar-refractivity contribution in [1.29, 1.82) is 0 Å². The van der Waals surface area contributed by atoms with Crippen LogP contribution in [0.15, 0.2) is 30.5 Å². The van der Waals surface area contributed by atoms with Crippen LogP contribution < -0.4 is 26.4 Å². The molecule has 1 saturated heterocycles. The van der Waals surface area contributed by atoms with E-state index in [4.69, 9.17) is 10.5 Å². The maximum atomic E-state index is 12.6. The van der Waals surface area contributed by atoms with Crippen molar-refractivity contribution in [3.8, 4) is 17.0 Å². The summed E-state index contributed by atoms with van der Waals surface area (Å²) in [5, 5.41) is 9.48. The van der Waals surface area contributed by atoms with Crippen molar-refractivity contribution < 1.29 is 9.53 Å². The molecule has 2 aromatic rings. The van der Waals surface area contributed by atoms with Gasteiger partial charge in [-0.2, -0.15) is 0 Å². The highest BCUT2D eigenvalue weighted by Crippen LogP contribution is 2.23. The molecule has 150 valence electrons. The van der Waals surface area contributed by atoms with Crippen molar-refractivity contribution in [2.24, 2.45) is 0 Å². The van der Waals surface area contributed by atoms with E-state index in [1.54, 1.807) is 6.20 Å². The van der Waals surface area contributed by atoms with E-state index in [9.17, 15) is 4.79 Å². The zero-order valence-corrected chi connectivity index (χ0v) is 16.2. The summed E-state index contributed by atoms with van der Waals surface area (Å²) in [6.45, 7) is 6.06. The lowest BCUT2D eigenvalue weighted by Gasteiger charge is -2.23. The molecule has 2 heterocycles. The lowest BCUT2D eigenvalue weighted by molar-refractivity contribution is 0.0926. The second-order valence-electron chi connectivity index (χ2n) is 6.74. The first-order chi connectivity index (χ1) is 13.7. The van der Waals surface area contributed by atoms with Crippen LogP contribution in [0.3, 0.4) is 0 Å². The molecular weight excluding hydrogens is 356 g/mol. The zero-order chi connectivity index (χ0) is 19.8. The van der Waals surface area contributed by atoms with Crippen LogP contribution in [0.1, 0.15) is 30.3 Å². The van der Waals surface area contributed by atoms with E-state index < -0.39 is 0 Å². The number of anilines is 1. The van der Waals surface area contributed by atoms with Crippen molar-refractivity contribution in [3.63, 3.8) is 0 Å². The molecule has 1 fully saturated rings. The number of ether oxygens (including phenoxy) is 1. The third-order valence-electron chi connectivity index (χ3n) is 4.58. The molecule has 3 rings (SSSR count). The minimum Gasteiger partial charge on any atom is -0.492 e. The SMILES string of the molecule is CCNCCOc1cccc(-c2cnc(N)c(C(=O)NC3CCCNC3)n2)c1. The molecule has 1 unspecified atom stereocenters. The number of nitrogens with zero attached hydrogens (tertiary/aromatic N) is 2. The van der Waals surface area contributed by atoms with Crippen molar-refractivity contribution >= 4 is 11.7 Å². The summed E-state index contributed by atoms with van der Waals surface area (Å²) in [4.78, 5) is 21.3. The van der Waals surface area contributed by atoms with Gasteiger partial charge in [-0.3, -0.25) is 4.79 Å². The fraction of sp³-hybridized carbons (Fsp3) is 0.450. The predicted octanol–water partition coefficient (Wildman–Crippen LogP) is 1.20. The number of nitrogens with one attached hydrogen (secondary N) is 3. The van der Waals surface area contributed by atoms with E-state index in [1.807, 2.05) is 24.3 Å². The fourth-order valence-corrected chi connectivity index (χ4v) is 3.10. The van der Waals surface area contributed by atoms with Crippen LogP contribution in [-0.4, -0.2) is 54.7 Å². The highest BCUT2D eigenvalue weighted by molar-refractivity contribution is 5.97. The van der Waals surface area contributed by atoms with Crippen LogP contribution in [0, 0.1) is 0 Å². The normalized spacial score (nSPS) is 16.5. The number of aromatic nitrogens is 2. The maximum absolute atomic E-state index is 12.6. The quantitative estimate of drug-likeness (QED) is 0.506. The van der Waals surface area contributed by atoms with Crippen LogP contribution in [0.2, 0.25) is 0 Å². The van der Waals surface area contributed by atoms with Gasteiger partial charge in [0.05, 0.1) is 11.9 Å². The molecule has 0 bridgehead atoms. The summed E-state index contributed by atoms with van der Waals surface area (Å²) in [6, 6.07) is 7.66. The van der Waals surface area contributed by atoms with Gasteiger partial charge in [-0.1, -0.05) is 19.1 Å². The number of likely N-dealkylation sites (N-methyl/N-ethyl adjacent to an activating group) is 1. The van der Waals surface area contributed by atoms with E-state index in [-0.39, 0.29) is 23.5 Å². The van der Waals surface area contributed by atoms with Gasteiger partial charge in [0, 0.05) is 24.7 Å². The number of piperidine rings is 1. The lowest BCUT2D eigenvalue weighted by atomic mass is 10.1. The standard InChI is InChI=1S/C20H28N6O2/c1-2-22-9-10-28-16-7-3-5-14(11-16)17-13-24-19(21)18(26-17)20(27)25-15-6-4-8-23-12-15/h3,5,7,11,13,15,22-23H,2,4,6,8-10,12H2,1H3,(H2,21,24)(H,25,27). The van der Waals surface area contributed by atoms with Crippen molar-refractivity contribution in [2.45, 2.75) is 25.8 Å². The van der Waals surface area contributed by atoms with E-state index in [1.165, 1.54) is 0 Å². The number of hydrogen-bond donors (Lipinski definition) is 4. The number of rotatable bonds is 8. The Hall–Kier alpha value is -2.71. The number of carbonyl (C=O) groups excluding carboxylic acids is 1. The second-order valence-corrected chi connectivity index (χ2v) is 6.74. The number of amides is 1. The molecule has 1 atom stereocenters. The first-order valence-electron chi connectivity index (χ1n) is 9.75. The van der Waals surface area contributed by atoms with E-state index in [0.717, 1.165) is 50.3 Å². The second kappa shape index (κ2) is 10.0. The largest absolute Gasteiger partial charge is 0.492 e. The smallest absolute Gasteiger partial charge is 0.274 e. The summed E-state index contributed by atoms with van der Waals surface area (Å²) >= 11 is 0. The van der Waals surface area contributed by atoms with Crippen LogP contribution >= 0.6 is 0 Å². The first-order valence-corrected chi connectivity index (χ1v) is 9.75. The molecule has 1 amide bonds. The summed E-state index contributed by atoms with van der Waals surface area (Å²) in [5.74, 6) is 0.579. The Kier molecular flexibility index (Phi) is 7.16. The molecular formula is C20H28N6O2. The van der Waals surface area contributed by atoms with Gasteiger partial charge in [-0.15, -0.1) is 0 Å². The van der Waals surface area contributed by atoms with Gasteiger partial charge < -0.3 is 26.4 Å². The van der Waals surface area contributed by atoms with Gasteiger partial charge in [0.2, 0.25) is 0 Å². The minimum atomic E-state index is -0.293. The molecule has 0 spiro atoms. The Labute approximate surface area is 165 Å². The van der Waals surface area contributed by atoms with Crippen molar-refractivity contribution in [1.82, 2.24) is 25.9 Å². The van der Waals surface area contributed by atoms with Gasteiger partial charge >= 0.3 is 0 Å². The van der Waals surface area contributed by atoms with Crippen LogP contribution in [0.25, 0.3) is 11.3 Å². The average Bonchev–Trinajstić information content (AvgIpc) is 2.72. The predicted molar refractivity (Wildman–Crippen MR) is 109 cm³/mol. The fourth-order valence-electron chi connectivity index (χ4n) is 3.10. The Morgan fingerprint density at radius 3 is 3.11 bits per heavy atom. The molecule has 28 heavy (non-hydrogen) atoms. The van der Waals surface area contributed by atoms with Gasteiger partial charge in [0.25, 0.3) is 5.91 Å². The van der Waals surface area contributed by atoms with Crippen molar-refractivity contribution in [3.05, 3.63) is 36.2 Å². The third-order valence-corrected chi connectivity index (χ3v) is 4.58. The molecule has 0 saturated carbocycles. The number of benzene rings is 1. The molecule has 1 aromatic heterocycles. The Morgan fingerprint density at radius 1 is 1.43 bits per heavy atom. The van der Waals surface area contributed by atoms with E-state index >= 15 is 0 Å². The Bertz CT molecular complexity index is 792. The molecule has 1 aromatic carbocycles. The third kappa shape index (κ3) is 5.40. The number of hydrogen-bond acceptors (Lipinski definition) is 7. The molecule has 1 aliphatic rings. The monoisotopic (exact) mass is 384 g/mol. The summed E-state index contributed by atoms with van der Waals surface area (Å²) in [7, 11) is 0. The molecule has 0 aliphatic carbocycles. The number of carbonyl (C=O) groups is 1. The van der Waals surface area contributed by atoms with Crippen LogP contribution in [0.5, 0.6) is 5.75 Å². The summed E-state index contributed by atoms with van der Waals surface area (Å²) in [6.07, 6.45) is 3.55. The van der Waals surface area contributed by atoms with Crippen LogP contribution in [-0.2, 0) is 0 Å². The molecule has 8 heteroatoms. The number of nitrogen functional groups attached to an aromatic ring is 1. The maximum Gasteiger partial charge on any atom is 0.274 e. The van der Waals surface area contributed by atoms with Gasteiger partial charge in [0.15, 0.2) is 11.5 Å². The highest BCUT2D eigenvalue weighted by Gasteiger charge is 2.20. The topological polar surface area (TPSA) is 114 Å². The summed E-state index contributed by atoms with van der Waals surface area (Å²) in [5.41, 5.74) is 7.47. The minimum absolute atomic E-state index is 0.0829. The van der Waals surface area contributed by atoms with E-state index in [0.29, 0.717) is 12.3 Å². The summed E-state index contributed by atoms with van der Waals surface area (Å²) < 4.78 is 5.75. The molecule has 1 aliphatic heterocycles. The molecule has 5 N–H and O–H groups in total. The van der Waals surface area contributed by atoms with E-state index in [2.05, 4.69) is 32.8 Å². The first kappa shape index (κ1) is 20.0. The van der Waals surface area contributed by atoms with Crippen LogP contribution in [0.4, 0.5) is 5.82 Å². The van der Waals surface area contributed by atoms with Gasteiger partial charge in [0.1, 0.15) is 12.4 Å². The van der Waals surface area contributed by atoms with Crippen molar-refractivity contribution in [2.75, 3.05) is 38.5 Å². The van der Waals surface area contributed by atoms with Gasteiger partial charge in [-0.05, 0) is 38.1 Å². The zero-order valence-electron chi connectivity index (χ0n) is 16.2. The average molecular weight is 384 g/mol. The Balaban J connectivity index is 1.72.